The number of anilines is 1. The molecule has 0 aliphatic rings. The average molecular weight is 411 g/mol. The summed E-state index contributed by atoms with van der Waals surface area (Å²) in [5.74, 6) is 0.112. The molecular weight excluding hydrogens is 390 g/mol. The zero-order valence-corrected chi connectivity index (χ0v) is 17.5. The number of carbonyl (C=O) groups is 1. The van der Waals surface area contributed by atoms with Crippen molar-refractivity contribution in [3.63, 3.8) is 0 Å². The maximum atomic E-state index is 13.2. The Balaban J connectivity index is 1.67. The molecule has 2 aromatic heterocycles. The van der Waals surface area contributed by atoms with E-state index >= 15 is 0 Å². The van der Waals surface area contributed by atoms with Crippen molar-refractivity contribution in [1.29, 1.82) is 5.26 Å². The van der Waals surface area contributed by atoms with Crippen molar-refractivity contribution in [3.8, 4) is 11.9 Å². The van der Waals surface area contributed by atoms with Gasteiger partial charge in [-0.3, -0.25) is 9.48 Å². The Morgan fingerprint density at radius 3 is 2.68 bits per heavy atom. The van der Waals surface area contributed by atoms with Crippen LogP contribution in [-0.4, -0.2) is 27.8 Å². The first-order chi connectivity index (χ1) is 15.0. The number of hydrogen-bond acceptors (Lipinski definition) is 5. The van der Waals surface area contributed by atoms with Crippen LogP contribution in [0.25, 0.3) is 10.9 Å². The van der Waals surface area contributed by atoms with Crippen LogP contribution in [0.2, 0.25) is 0 Å². The molecule has 0 aliphatic carbocycles. The second-order valence-electron chi connectivity index (χ2n) is 7.16. The van der Waals surface area contributed by atoms with Crippen molar-refractivity contribution < 1.29 is 9.53 Å². The summed E-state index contributed by atoms with van der Waals surface area (Å²) < 4.78 is 7.07. The monoisotopic (exact) mass is 411 g/mol. The lowest BCUT2D eigenvalue weighted by molar-refractivity contribution is 0.102. The highest BCUT2D eigenvalue weighted by Crippen LogP contribution is 2.26. The number of methoxy groups -OCH3 is 1. The smallest absolute Gasteiger partial charge is 0.256 e. The second kappa shape index (κ2) is 8.28. The van der Waals surface area contributed by atoms with Crippen molar-refractivity contribution in [2.75, 3.05) is 12.4 Å². The number of para-hydroxylation sites is 1. The van der Waals surface area contributed by atoms with Crippen molar-refractivity contribution in [2.45, 2.75) is 20.4 Å². The summed E-state index contributed by atoms with van der Waals surface area (Å²) in [5.41, 5.74) is 4.80. The maximum absolute atomic E-state index is 13.2. The minimum absolute atomic E-state index is 0.264. The SMILES string of the molecule is COc1cc(C(=O)Nc2c(C)nn(Cc3ccccc3C#N)c2C)c2ccccc2n1. The molecule has 4 rings (SSSR count). The number of hydrogen-bond donors (Lipinski definition) is 1. The molecule has 0 radical (unpaired) electrons. The van der Waals surface area contributed by atoms with E-state index in [1.165, 1.54) is 7.11 Å². The fourth-order valence-corrected chi connectivity index (χ4v) is 3.58. The highest BCUT2D eigenvalue weighted by Gasteiger charge is 2.19. The van der Waals surface area contributed by atoms with E-state index in [4.69, 9.17) is 4.74 Å². The largest absolute Gasteiger partial charge is 0.481 e. The van der Waals surface area contributed by atoms with Gasteiger partial charge in [-0.15, -0.1) is 0 Å². The highest BCUT2D eigenvalue weighted by molar-refractivity contribution is 6.13. The lowest BCUT2D eigenvalue weighted by Gasteiger charge is -2.11. The zero-order chi connectivity index (χ0) is 22.0. The molecule has 4 aromatic rings. The minimum atomic E-state index is -0.264. The summed E-state index contributed by atoms with van der Waals surface area (Å²) in [5, 5.41) is 17.7. The third-order valence-electron chi connectivity index (χ3n) is 5.22. The van der Waals surface area contributed by atoms with E-state index in [1.807, 2.05) is 56.3 Å². The molecule has 7 heteroatoms. The minimum Gasteiger partial charge on any atom is -0.481 e. The Labute approximate surface area is 179 Å². The molecule has 0 fully saturated rings. The number of carbonyl (C=O) groups excluding carboxylic acids is 1. The molecular formula is C24H21N5O2. The van der Waals surface area contributed by atoms with Crippen LogP contribution in [0.15, 0.2) is 54.6 Å². The number of amides is 1. The number of ether oxygens (including phenoxy) is 1. The third-order valence-corrected chi connectivity index (χ3v) is 5.22. The van der Waals surface area contributed by atoms with Gasteiger partial charge in [0, 0.05) is 11.5 Å². The molecule has 0 bridgehead atoms. The Morgan fingerprint density at radius 2 is 1.90 bits per heavy atom. The summed E-state index contributed by atoms with van der Waals surface area (Å²) in [4.78, 5) is 17.6. The number of fused-ring (bicyclic) bond motifs is 1. The molecule has 0 saturated carbocycles. The fourth-order valence-electron chi connectivity index (χ4n) is 3.58. The van der Waals surface area contributed by atoms with Crippen molar-refractivity contribution >= 4 is 22.5 Å². The molecule has 7 nitrogen and oxygen atoms in total. The number of nitriles is 1. The summed E-state index contributed by atoms with van der Waals surface area (Å²) in [6, 6.07) is 18.7. The van der Waals surface area contributed by atoms with Gasteiger partial charge in [0.05, 0.1) is 53.4 Å². The normalized spacial score (nSPS) is 10.6. The van der Waals surface area contributed by atoms with Crippen LogP contribution in [0.3, 0.4) is 0 Å². The van der Waals surface area contributed by atoms with Gasteiger partial charge < -0.3 is 10.1 Å². The lowest BCUT2D eigenvalue weighted by Crippen LogP contribution is -2.14. The van der Waals surface area contributed by atoms with Crippen molar-refractivity contribution in [1.82, 2.24) is 14.8 Å². The molecule has 0 unspecified atom stereocenters. The predicted octanol–water partition coefficient (Wildman–Crippen LogP) is 4.23. The van der Waals surface area contributed by atoms with Crippen LogP contribution in [0.5, 0.6) is 5.88 Å². The Morgan fingerprint density at radius 1 is 1.16 bits per heavy atom. The van der Waals surface area contributed by atoms with E-state index in [2.05, 4.69) is 21.5 Å². The molecule has 1 amide bonds. The zero-order valence-electron chi connectivity index (χ0n) is 17.5. The quantitative estimate of drug-likeness (QED) is 0.530. The van der Waals surface area contributed by atoms with Crippen LogP contribution in [-0.2, 0) is 6.54 Å². The van der Waals surface area contributed by atoms with E-state index in [0.717, 1.165) is 16.6 Å². The van der Waals surface area contributed by atoms with E-state index in [9.17, 15) is 10.1 Å². The van der Waals surface area contributed by atoms with Crippen LogP contribution < -0.4 is 10.1 Å². The van der Waals surface area contributed by atoms with Gasteiger partial charge in [0.1, 0.15) is 0 Å². The number of pyridine rings is 1. The molecule has 2 heterocycles. The first-order valence-electron chi connectivity index (χ1n) is 9.79. The van der Waals surface area contributed by atoms with E-state index in [0.29, 0.717) is 40.4 Å². The van der Waals surface area contributed by atoms with Gasteiger partial charge in [-0.05, 0) is 31.5 Å². The summed E-state index contributed by atoms with van der Waals surface area (Å²) in [7, 11) is 1.52. The Bertz CT molecular complexity index is 1330. The second-order valence-corrected chi connectivity index (χ2v) is 7.16. The fraction of sp³-hybridized carbons (Fsp3) is 0.167. The maximum Gasteiger partial charge on any atom is 0.256 e. The van der Waals surface area contributed by atoms with Gasteiger partial charge in [0.25, 0.3) is 5.91 Å². The van der Waals surface area contributed by atoms with Gasteiger partial charge >= 0.3 is 0 Å². The molecule has 0 saturated heterocycles. The van der Waals surface area contributed by atoms with Crippen LogP contribution in [0.4, 0.5) is 5.69 Å². The lowest BCUT2D eigenvalue weighted by atomic mass is 10.1. The van der Waals surface area contributed by atoms with Gasteiger partial charge in [-0.1, -0.05) is 36.4 Å². The standard InChI is InChI=1S/C24H21N5O2/c1-15-23(16(2)29(28-15)14-18-9-5-4-8-17(18)13-25)27-24(30)20-12-22(31-3)26-21-11-7-6-10-19(20)21/h4-12H,14H2,1-3H3,(H,27,30). The molecule has 154 valence electrons. The first kappa shape index (κ1) is 20.1. The van der Waals surface area contributed by atoms with Crippen LogP contribution in [0, 0.1) is 25.2 Å². The number of nitrogens with one attached hydrogen (secondary N) is 1. The number of rotatable bonds is 5. The Kier molecular flexibility index (Phi) is 5.37. The molecule has 2 aromatic carbocycles. The van der Waals surface area contributed by atoms with E-state index in [-0.39, 0.29) is 5.91 Å². The number of aryl methyl sites for hydroxylation is 1. The highest BCUT2D eigenvalue weighted by atomic mass is 16.5. The average Bonchev–Trinajstić information content (AvgIpc) is 3.05. The molecule has 1 N–H and O–H groups in total. The van der Waals surface area contributed by atoms with Gasteiger partial charge in [-0.2, -0.15) is 10.4 Å². The molecule has 31 heavy (non-hydrogen) atoms. The summed E-state index contributed by atoms with van der Waals surface area (Å²) in [6.07, 6.45) is 0. The van der Waals surface area contributed by atoms with Crippen LogP contribution >= 0.6 is 0 Å². The first-order valence-corrected chi connectivity index (χ1v) is 9.79. The Hall–Kier alpha value is -4.18. The molecule has 0 aliphatic heterocycles. The van der Waals surface area contributed by atoms with E-state index in [1.54, 1.807) is 16.8 Å². The molecule has 0 atom stereocenters. The third kappa shape index (κ3) is 3.83. The number of benzene rings is 2. The van der Waals surface area contributed by atoms with Gasteiger partial charge in [0.15, 0.2) is 0 Å². The van der Waals surface area contributed by atoms with Crippen molar-refractivity contribution in [2.24, 2.45) is 0 Å². The van der Waals surface area contributed by atoms with Gasteiger partial charge in [0.2, 0.25) is 5.88 Å². The molecule has 0 spiro atoms. The number of nitrogens with zero attached hydrogens (tertiary/aromatic N) is 4. The topological polar surface area (TPSA) is 92.8 Å². The number of aromatic nitrogens is 3. The summed E-state index contributed by atoms with van der Waals surface area (Å²) >= 11 is 0. The van der Waals surface area contributed by atoms with Gasteiger partial charge in [-0.25, -0.2) is 4.98 Å². The predicted molar refractivity (Wildman–Crippen MR) is 118 cm³/mol. The van der Waals surface area contributed by atoms with E-state index < -0.39 is 0 Å². The van der Waals surface area contributed by atoms with Crippen molar-refractivity contribution in [3.05, 3.63) is 82.7 Å². The summed E-state index contributed by atoms with van der Waals surface area (Å²) in [6.45, 7) is 4.19. The van der Waals surface area contributed by atoms with Crippen LogP contribution in [0.1, 0.15) is 32.9 Å².